The first-order valence-corrected chi connectivity index (χ1v) is 15.3. The molecule has 0 heteroatoms. The summed E-state index contributed by atoms with van der Waals surface area (Å²) in [5, 5.41) is 7.90. The van der Waals surface area contributed by atoms with Gasteiger partial charge < -0.3 is 0 Å². The zero-order valence-corrected chi connectivity index (χ0v) is 25.3. The lowest BCUT2D eigenvalue weighted by atomic mass is 9.88. The van der Waals surface area contributed by atoms with E-state index in [2.05, 4.69) is 154 Å². The van der Waals surface area contributed by atoms with Crippen molar-refractivity contribution < 1.29 is 0 Å². The topological polar surface area (TPSA) is 0 Å². The van der Waals surface area contributed by atoms with Crippen molar-refractivity contribution in [2.75, 3.05) is 0 Å². The van der Waals surface area contributed by atoms with E-state index < -0.39 is 0 Å². The molecule has 0 atom stereocenters. The predicted octanol–water partition coefficient (Wildman–Crippen LogP) is 12.1. The quantitative estimate of drug-likeness (QED) is 0.177. The molecule has 1 aliphatic rings. The first-order chi connectivity index (χ1) is 21.1. The Morgan fingerprint density at radius 3 is 1.72 bits per heavy atom. The van der Waals surface area contributed by atoms with Crippen LogP contribution in [-0.4, -0.2) is 0 Å². The SMILES string of the molecule is Cc1c2ccccc2c(-c2ccc3ccccc3c2)c2ccccc12.Cc1ccc2c(c1)C=CCC2.Cc1ccccc1. The largest absolute Gasteiger partial charge is 0.0836 e. The van der Waals surface area contributed by atoms with Gasteiger partial charge in [0.05, 0.1) is 0 Å². The van der Waals surface area contributed by atoms with Crippen molar-refractivity contribution in [2.24, 2.45) is 0 Å². The van der Waals surface area contributed by atoms with Crippen molar-refractivity contribution in [1.29, 1.82) is 0 Å². The van der Waals surface area contributed by atoms with E-state index in [9.17, 15) is 0 Å². The summed E-state index contributed by atoms with van der Waals surface area (Å²) in [6.45, 7) is 6.46. The summed E-state index contributed by atoms with van der Waals surface area (Å²) in [6.07, 6.45) is 6.90. The highest BCUT2D eigenvalue weighted by Crippen LogP contribution is 2.39. The maximum Gasteiger partial charge on any atom is -0.00264 e. The molecule has 0 aliphatic heterocycles. The summed E-state index contributed by atoms with van der Waals surface area (Å²) >= 11 is 0. The molecular formula is C43H38. The van der Waals surface area contributed by atoms with E-state index >= 15 is 0 Å². The average Bonchev–Trinajstić information content (AvgIpc) is 3.06. The third kappa shape index (κ3) is 6.30. The fourth-order valence-corrected chi connectivity index (χ4v) is 6.08. The molecule has 0 amide bonds. The minimum absolute atomic E-state index is 1.20. The van der Waals surface area contributed by atoms with Gasteiger partial charge >= 0.3 is 0 Å². The van der Waals surface area contributed by atoms with Gasteiger partial charge in [-0.1, -0.05) is 157 Å². The van der Waals surface area contributed by atoms with Gasteiger partial charge in [-0.2, -0.15) is 0 Å². The third-order valence-corrected chi connectivity index (χ3v) is 8.36. The van der Waals surface area contributed by atoms with Gasteiger partial charge in [0.1, 0.15) is 0 Å². The van der Waals surface area contributed by atoms with Crippen molar-refractivity contribution in [3.63, 3.8) is 0 Å². The Balaban J connectivity index is 0.000000150. The first kappa shape index (κ1) is 28.2. The van der Waals surface area contributed by atoms with E-state index in [-0.39, 0.29) is 0 Å². The van der Waals surface area contributed by atoms with Crippen LogP contribution in [0.25, 0.3) is 49.5 Å². The van der Waals surface area contributed by atoms with Gasteiger partial charge in [-0.15, -0.1) is 0 Å². The highest BCUT2D eigenvalue weighted by atomic mass is 14.2. The summed E-state index contributed by atoms with van der Waals surface area (Å²) in [5.74, 6) is 0. The molecular weight excluding hydrogens is 516 g/mol. The van der Waals surface area contributed by atoms with Crippen LogP contribution in [0.4, 0.5) is 0 Å². The van der Waals surface area contributed by atoms with Gasteiger partial charge in [0.25, 0.3) is 0 Å². The molecule has 210 valence electrons. The minimum atomic E-state index is 1.20. The molecule has 0 nitrogen and oxygen atoms in total. The molecule has 0 radical (unpaired) electrons. The Hall–Kier alpha value is -4.94. The van der Waals surface area contributed by atoms with Crippen molar-refractivity contribution >= 4 is 38.4 Å². The van der Waals surface area contributed by atoms with Crippen molar-refractivity contribution in [2.45, 2.75) is 33.6 Å². The predicted molar refractivity (Wildman–Crippen MR) is 189 cm³/mol. The monoisotopic (exact) mass is 554 g/mol. The Morgan fingerprint density at radius 2 is 1.07 bits per heavy atom. The molecule has 0 unspecified atom stereocenters. The standard InChI is InChI=1S/C25H18.C11H12.C7H8/c1-17-21-10-4-6-12-23(21)25(24-13-7-5-11-22(17)24)20-15-14-18-8-2-3-9-19(18)16-20;1-9-6-7-10-4-2-3-5-11(10)8-9;1-7-5-3-2-4-6-7/h2-16H,1H3;3,5-8H,2,4H2,1H3;2-6H,1H3. The molecule has 1 aliphatic carbocycles. The van der Waals surface area contributed by atoms with Crippen LogP contribution in [0.15, 0.2) is 146 Å². The molecule has 7 aromatic carbocycles. The van der Waals surface area contributed by atoms with Crippen LogP contribution in [-0.2, 0) is 6.42 Å². The summed E-state index contributed by atoms with van der Waals surface area (Å²) < 4.78 is 0. The van der Waals surface area contributed by atoms with Crippen molar-refractivity contribution in [3.05, 3.63) is 173 Å². The number of hydrogen-bond acceptors (Lipinski definition) is 0. The molecule has 0 heterocycles. The van der Waals surface area contributed by atoms with Gasteiger partial charge in [0.2, 0.25) is 0 Å². The molecule has 0 fully saturated rings. The van der Waals surface area contributed by atoms with Crippen LogP contribution in [0, 0.1) is 20.8 Å². The first-order valence-electron chi connectivity index (χ1n) is 15.3. The van der Waals surface area contributed by atoms with Crippen LogP contribution < -0.4 is 0 Å². The fourth-order valence-electron chi connectivity index (χ4n) is 6.08. The highest BCUT2D eigenvalue weighted by Gasteiger charge is 2.13. The molecule has 0 aromatic heterocycles. The van der Waals surface area contributed by atoms with E-state index in [1.165, 1.54) is 84.1 Å². The highest BCUT2D eigenvalue weighted by molar-refractivity contribution is 6.15. The summed E-state index contributed by atoms with van der Waals surface area (Å²) in [7, 11) is 0. The number of allylic oxidation sites excluding steroid dienone is 1. The van der Waals surface area contributed by atoms with E-state index in [0.29, 0.717) is 0 Å². The number of aryl methyl sites for hydroxylation is 4. The number of hydrogen-bond donors (Lipinski definition) is 0. The smallest absolute Gasteiger partial charge is 0.00264 e. The maximum absolute atomic E-state index is 2.32. The van der Waals surface area contributed by atoms with E-state index in [1.807, 2.05) is 18.2 Å². The van der Waals surface area contributed by atoms with Gasteiger partial charge in [-0.25, -0.2) is 0 Å². The van der Waals surface area contributed by atoms with Crippen LogP contribution in [0.3, 0.4) is 0 Å². The molecule has 0 spiro atoms. The molecule has 8 rings (SSSR count). The Labute approximate surface area is 256 Å². The molecule has 0 bridgehead atoms. The minimum Gasteiger partial charge on any atom is -0.0836 e. The lowest BCUT2D eigenvalue weighted by Gasteiger charge is -2.15. The second kappa shape index (κ2) is 12.9. The van der Waals surface area contributed by atoms with Crippen molar-refractivity contribution in [3.8, 4) is 11.1 Å². The lowest BCUT2D eigenvalue weighted by Crippen LogP contribution is -1.93. The normalized spacial score (nSPS) is 11.8. The zero-order chi connectivity index (χ0) is 29.6. The molecule has 0 N–H and O–H groups in total. The number of benzene rings is 7. The third-order valence-electron chi connectivity index (χ3n) is 8.36. The van der Waals surface area contributed by atoms with Crippen LogP contribution >= 0.6 is 0 Å². The van der Waals surface area contributed by atoms with Crippen LogP contribution in [0.1, 0.15) is 34.2 Å². The molecule has 0 saturated heterocycles. The van der Waals surface area contributed by atoms with Gasteiger partial charge in [0, 0.05) is 0 Å². The second-order valence-corrected chi connectivity index (χ2v) is 11.5. The number of rotatable bonds is 1. The molecule has 43 heavy (non-hydrogen) atoms. The Bertz CT molecular complexity index is 1990. The van der Waals surface area contributed by atoms with E-state index in [4.69, 9.17) is 0 Å². The van der Waals surface area contributed by atoms with Crippen LogP contribution in [0.5, 0.6) is 0 Å². The van der Waals surface area contributed by atoms with E-state index in [0.717, 1.165) is 0 Å². The second-order valence-electron chi connectivity index (χ2n) is 11.5. The lowest BCUT2D eigenvalue weighted by molar-refractivity contribution is 0.984. The number of fused-ring (bicyclic) bond motifs is 4. The summed E-state index contributed by atoms with van der Waals surface area (Å²) in [6, 6.07) is 49.8. The van der Waals surface area contributed by atoms with E-state index in [1.54, 1.807) is 0 Å². The summed E-state index contributed by atoms with van der Waals surface area (Å²) in [5.41, 5.74) is 9.57. The summed E-state index contributed by atoms with van der Waals surface area (Å²) in [4.78, 5) is 0. The van der Waals surface area contributed by atoms with Crippen molar-refractivity contribution in [1.82, 2.24) is 0 Å². The Morgan fingerprint density at radius 1 is 0.465 bits per heavy atom. The fraction of sp³-hybridized carbons (Fsp3) is 0.116. The molecule has 7 aromatic rings. The average molecular weight is 555 g/mol. The van der Waals surface area contributed by atoms with Gasteiger partial charge in [0.15, 0.2) is 0 Å². The Kier molecular flexibility index (Phi) is 8.47. The zero-order valence-electron chi connectivity index (χ0n) is 25.3. The van der Waals surface area contributed by atoms with Gasteiger partial charge in [-0.3, -0.25) is 0 Å². The van der Waals surface area contributed by atoms with Gasteiger partial charge in [-0.05, 0) is 99.8 Å². The van der Waals surface area contributed by atoms with Crippen LogP contribution in [0.2, 0.25) is 0 Å². The molecule has 0 saturated carbocycles. The maximum atomic E-state index is 2.32.